The number of thiocarbonyl (C=S) groups is 1. The van der Waals surface area contributed by atoms with Crippen LogP contribution in [-0.2, 0) is 5.66 Å². The third kappa shape index (κ3) is 2.70. The first-order chi connectivity index (χ1) is 11.4. The summed E-state index contributed by atoms with van der Waals surface area (Å²) in [6, 6.07) is 12.1. The average molecular weight is 404 g/mol. The number of benzene rings is 2. The highest BCUT2D eigenvalue weighted by atomic mass is 79.9. The van der Waals surface area contributed by atoms with Gasteiger partial charge in [-0.25, -0.2) is 4.99 Å². The summed E-state index contributed by atoms with van der Waals surface area (Å²) in [6.45, 7) is 4.04. The van der Waals surface area contributed by atoms with Gasteiger partial charge in [-0.1, -0.05) is 40.3 Å². The Kier molecular flexibility index (Phi) is 4.36. The number of rotatable bonds is 3. The largest absolute Gasteiger partial charge is 0.496 e. The van der Waals surface area contributed by atoms with Gasteiger partial charge in [-0.3, -0.25) is 0 Å². The molecule has 4 nitrogen and oxygen atoms in total. The maximum absolute atomic E-state index is 6.01. The van der Waals surface area contributed by atoms with E-state index in [2.05, 4.69) is 33.4 Å². The van der Waals surface area contributed by atoms with Crippen molar-refractivity contribution in [1.29, 1.82) is 0 Å². The van der Waals surface area contributed by atoms with Gasteiger partial charge in [-0.05, 0) is 49.2 Å². The molecule has 0 radical (unpaired) electrons. The number of halogens is 1. The number of aliphatic imine (C=N–C) groups is 1. The Morgan fingerprint density at radius 1 is 1.17 bits per heavy atom. The highest BCUT2D eigenvalue weighted by Gasteiger charge is 2.40. The number of hydrogen-bond acceptors (Lipinski definition) is 4. The monoisotopic (exact) mass is 403 g/mol. The van der Waals surface area contributed by atoms with E-state index in [4.69, 9.17) is 27.7 Å². The van der Waals surface area contributed by atoms with Gasteiger partial charge in [0.15, 0.2) is 11.5 Å². The molecular weight excluding hydrogens is 386 g/mol. The molecule has 124 valence electrons. The van der Waals surface area contributed by atoms with E-state index in [0.29, 0.717) is 10.8 Å². The van der Waals surface area contributed by atoms with Gasteiger partial charge in [0, 0.05) is 15.6 Å². The number of methoxy groups -OCH3 is 1. The van der Waals surface area contributed by atoms with E-state index in [1.165, 1.54) is 0 Å². The van der Waals surface area contributed by atoms with Crippen LogP contribution in [0.5, 0.6) is 5.75 Å². The van der Waals surface area contributed by atoms with E-state index in [9.17, 15) is 0 Å². The zero-order valence-electron chi connectivity index (χ0n) is 13.7. The molecule has 2 aromatic carbocycles. The zero-order chi connectivity index (χ0) is 17.5. The van der Waals surface area contributed by atoms with Gasteiger partial charge in [0.1, 0.15) is 10.7 Å². The van der Waals surface area contributed by atoms with Crippen LogP contribution in [0.1, 0.15) is 22.3 Å². The summed E-state index contributed by atoms with van der Waals surface area (Å²) in [5.74, 6) is 1.22. The number of aryl methyl sites for hydroxylation is 2. The maximum atomic E-state index is 6.01. The number of nitrogens with one attached hydrogen (secondary N) is 1. The van der Waals surface area contributed by atoms with Crippen LogP contribution in [0.4, 0.5) is 0 Å². The maximum Gasteiger partial charge on any atom is 0.185 e. The quantitative estimate of drug-likeness (QED) is 0.769. The van der Waals surface area contributed by atoms with Gasteiger partial charge in [0.2, 0.25) is 0 Å². The number of hydrogen-bond donors (Lipinski definition) is 2. The lowest BCUT2D eigenvalue weighted by Crippen LogP contribution is -2.41. The molecule has 24 heavy (non-hydrogen) atoms. The van der Waals surface area contributed by atoms with Crippen LogP contribution in [0.25, 0.3) is 0 Å². The van der Waals surface area contributed by atoms with Gasteiger partial charge in [0.05, 0.1) is 7.11 Å². The zero-order valence-corrected chi connectivity index (χ0v) is 16.1. The van der Waals surface area contributed by atoms with E-state index < -0.39 is 5.66 Å². The van der Waals surface area contributed by atoms with Gasteiger partial charge >= 0.3 is 0 Å². The summed E-state index contributed by atoms with van der Waals surface area (Å²) in [5, 5.41) is 3.31. The molecule has 0 fully saturated rings. The lowest BCUT2D eigenvalue weighted by atomic mass is 9.89. The van der Waals surface area contributed by atoms with Crippen molar-refractivity contribution in [3.05, 3.63) is 63.1 Å². The molecule has 1 heterocycles. The second kappa shape index (κ2) is 6.18. The van der Waals surface area contributed by atoms with Crippen LogP contribution < -0.4 is 15.8 Å². The Hall–Kier alpha value is -1.92. The molecule has 6 heteroatoms. The number of amidine groups is 1. The Labute approximate surface area is 155 Å². The smallest absolute Gasteiger partial charge is 0.185 e. The molecule has 0 amide bonds. The molecule has 1 aliphatic heterocycles. The minimum atomic E-state index is -0.827. The Balaban J connectivity index is 2.27. The van der Waals surface area contributed by atoms with Crippen molar-refractivity contribution in [3.8, 4) is 5.75 Å². The number of nitrogens with two attached hydrogens (primary N) is 1. The van der Waals surface area contributed by atoms with Gasteiger partial charge in [0.25, 0.3) is 0 Å². The van der Waals surface area contributed by atoms with Crippen LogP contribution in [0.15, 0.2) is 45.9 Å². The summed E-state index contributed by atoms with van der Waals surface area (Å²) in [4.78, 5) is 5.16. The molecule has 0 bridgehead atoms. The van der Waals surface area contributed by atoms with Crippen molar-refractivity contribution in [3.63, 3.8) is 0 Å². The Morgan fingerprint density at radius 2 is 1.83 bits per heavy atom. The highest BCUT2D eigenvalue weighted by Crippen LogP contribution is 2.38. The lowest BCUT2D eigenvalue weighted by molar-refractivity contribution is 0.407. The summed E-state index contributed by atoms with van der Waals surface area (Å²) < 4.78 is 6.45. The topological polar surface area (TPSA) is 59.6 Å². The summed E-state index contributed by atoms with van der Waals surface area (Å²) in [6.07, 6.45) is 0. The van der Waals surface area contributed by atoms with Crippen molar-refractivity contribution in [2.24, 2.45) is 10.7 Å². The summed E-state index contributed by atoms with van der Waals surface area (Å²) in [5.41, 5.74) is 9.19. The van der Waals surface area contributed by atoms with Crippen molar-refractivity contribution < 1.29 is 4.74 Å². The first kappa shape index (κ1) is 16.9. The SMILES string of the molecule is COc1c(C)cc(C2(c3cccc(Br)c3)N=C(N)C(=S)N2)cc1C. The molecule has 1 aliphatic rings. The van der Waals surface area contributed by atoms with E-state index >= 15 is 0 Å². The van der Waals surface area contributed by atoms with E-state index in [1.807, 2.05) is 38.1 Å². The third-order valence-electron chi connectivity index (χ3n) is 4.14. The first-order valence-electron chi connectivity index (χ1n) is 7.47. The van der Waals surface area contributed by atoms with Crippen molar-refractivity contribution in [2.45, 2.75) is 19.5 Å². The third-order valence-corrected chi connectivity index (χ3v) is 4.94. The molecular formula is C18H18BrN3OS. The van der Waals surface area contributed by atoms with Crippen LogP contribution in [-0.4, -0.2) is 17.9 Å². The first-order valence-corrected chi connectivity index (χ1v) is 8.67. The van der Waals surface area contributed by atoms with Gasteiger partial charge < -0.3 is 15.8 Å². The van der Waals surface area contributed by atoms with E-state index in [-0.39, 0.29) is 0 Å². The minimum absolute atomic E-state index is 0.344. The minimum Gasteiger partial charge on any atom is -0.496 e. The lowest BCUT2D eigenvalue weighted by Gasteiger charge is -2.29. The second-order valence-corrected chi connectivity index (χ2v) is 7.14. The predicted octanol–water partition coefficient (Wildman–Crippen LogP) is 3.56. The molecule has 3 N–H and O–H groups in total. The van der Waals surface area contributed by atoms with Crippen molar-refractivity contribution in [2.75, 3.05) is 7.11 Å². The molecule has 0 saturated heterocycles. The standard InChI is InChI=1S/C18H18BrN3OS/c1-10-7-13(8-11(2)15(10)23-3)18(21-16(20)17(24)22-18)12-5-4-6-14(19)9-12/h4-9H,1-3H3,(H2,20,21)(H,22,24). The second-order valence-electron chi connectivity index (χ2n) is 5.82. The van der Waals surface area contributed by atoms with E-state index in [1.54, 1.807) is 7.11 Å². The molecule has 0 aromatic heterocycles. The fourth-order valence-corrected chi connectivity index (χ4v) is 3.72. The summed E-state index contributed by atoms with van der Waals surface area (Å²) >= 11 is 8.86. The van der Waals surface area contributed by atoms with Crippen LogP contribution in [0.2, 0.25) is 0 Å². The van der Waals surface area contributed by atoms with Crippen molar-refractivity contribution in [1.82, 2.24) is 5.32 Å². The Morgan fingerprint density at radius 3 is 2.33 bits per heavy atom. The highest BCUT2D eigenvalue weighted by molar-refractivity contribution is 9.10. The molecule has 0 saturated carbocycles. The number of nitrogens with zero attached hydrogens (tertiary/aromatic N) is 1. The van der Waals surface area contributed by atoms with Crippen molar-refractivity contribution >= 4 is 39.0 Å². The molecule has 0 spiro atoms. The predicted molar refractivity (Wildman–Crippen MR) is 105 cm³/mol. The molecule has 2 aromatic rings. The summed E-state index contributed by atoms with van der Waals surface area (Å²) in [7, 11) is 1.68. The normalized spacial score (nSPS) is 19.8. The van der Waals surface area contributed by atoms with E-state index in [0.717, 1.165) is 32.5 Å². The molecule has 0 aliphatic carbocycles. The van der Waals surface area contributed by atoms with Crippen LogP contribution >= 0.6 is 28.1 Å². The molecule has 1 atom stereocenters. The average Bonchev–Trinajstić information content (AvgIpc) is 2.83. The molecule has 1 unspecified atom stereocenters. The number of ether oxygens (including phenoxy) is 1. The molecule has 3 rings (SSSR count). The fourth-order valence-electron chi connectivity index (χ4n) is 3.12. The van der Waals surface area contributed by atoms with Crippen LogP contribution in [0.3, 0.4) is 0 Å². The Bertz CT molecular complexity index is 842. The fraction of sp³-hybridized carbons (Fsp3) is 0.222. The van der Waals surface area contributed by atoms with Gasteiger partial charge in [-0.2, -0.15) is 0 Å². The van der Waals surface area contributed by atoms with Gasteiger partial charge in [-0.15, -0.1) is 0 Å². The van der Waals surface area contributed by atoms with Crippen LogP contribution in [0, 0.1) is 13.8 Å².